The first kappa shape index (κ1) is 14.3. The van der Waals surface area contributed by atoms with E-state index in [1.165, 1.54) is 0 Å². The molecule has 0 spiro atoms. The Kier molecular flexibility index (Phi) is 3.67. The van der Waals surface area contributed by atoms with Crippen molar-refractivity contribution in [2.45, 2.75) is 25.9 Å². The fourth-order valence-corrected chi connectivity index (χ4v) is 2.89. The highest BCUT2D eigenvalue weighted by atomic mass is 16.4. The molecule has 1 aliphatic heterocycles. The van der Waals surface area contributed by atoms with Crippen molar-refractivity contribution in [2.75, 3.05) is 0 Å². The van der Waals surface area contributed by atoms with E-state index in [9.17, 15) is 14.7 Å². The van der Waals surface area contributed by atoms with Crippen LogP contribution in [-0.2, 0) is 11.3 Å². The Labute approximate surface area is 129 Å². The molecule has 0 unspecified atom stereocenters. The number of nitrogens with zero attached hydrogens (tertiary/aromatic N) is 1. The number of aliphatic carboxylic acids is 1. The molecule has 1 amide bonds. The van der Waals surface area contributed by atoms with Crippen LogP contribution >= 0.6 is 0 Å². The van der Waals surface area contributed by atoms with Crippen molar-refractivity contribution >= 4 is 11.9 Å². The molecule has 3 rings (SSSR count). The van der Waals surface area contributed by atoms with Crippen LogP contribution in [0, 0.1) is 6.92 Å². The number of carboxylic acid groups (broad SMARTS) is 1. The van der Waals surface area contributed by atoms with E-state index in [-0.39, 0.29) is 12.3 Å². The number of benzene rings is 2. The molecule has 22 heavy (non-hydrogen) atoms. The minimum atomic E-state index is -0.908. The maximum Gasteiger partial charge on any atom is 0.305 e. The van der Waals surface area contributed by atoms with Gasteiger partial charge < -0.3 is 10.0 Å². The standard InChI is InChI=1S/C18H17NO3/c1-12-6-8-13(9-7-12)16(10-17(20)21)19-11-14-4-2-3-5-15(14)18(19)22/h2-9,16H,10-11H2,1H3,(H,20,21)/t16-/m1/s1. The van der Waals surface area contributed by atoms with Crippen LogP contribution < -0.4 is 0 Å². The maximum absolute atomic E-state index is 12.6. The fraction of sp³-hybridized carbons (Fsp3) is 0.222. The highest BCUT2D eigenvalue weighted by Crippen LogP contribution is 2.33. The number of hydrogen-bond donors (Lipinski definition) is 1. The van der Waals surface area contributed by atoms with Crippen LogP contribution in [0.2, 0.25) is 0 Å². The van der Waals surface area contributed by atoms with Gasteiger partial charge in [-0.25, -0.2) is 0 Å². The van der Waals surface area contributed by atoms with E-state index in [0.29, 0.717) is 12.1 Å². The first-order chi connectivity index (χ1) is 10.6. The van der Waals surface area contributed by atoms with Gasteiger partial charge in [0.25, 0.3) is 5.91 Å². The fourth-order valence-electron chi connectivity index (χ4n) is 2.89. The Morgan fingerprint density at radius 1 is 1.18 bits per heavy atom. The largest absolute Gasteiger partial charge is 0.481 e. The van der Waals surface area contributed by atoms with E-state index in [1.807, 2.05) is 49.4 Å². The lowest BCUT2D eigenvalue weighted by Gasteiger charge is -2.27. The molecule has 2 aromatic carbocycles. The van der Waals surface area contributed by atoms with Gasteiger partial charge in [0.1, 0.15) is 0 Å². The Morgan fingerprint density at radius 2 is 1.86 bits per heavy atom. The quantitative estimate of drug-likeness (QED) is 0.942. The molecule has 4 heteroatoms. The molecular formula is C18H17NO3. The van der Waals surface area contributed by atoms with E-state index in [4.69, 9.17) is 0 Å². The third-order valence-corrected chi connectivity index (χ3v) is 4.06. The molecule has 1 heterocycles. The predicted octanol–water partition coefficient (Wildman–Crippen LogP) is 3.17. The summed E-state index contributed by atoms with van der Waals surface area (Å²) in [5.74, 6) is -1.00. The van der Waals surface area contributed by atoms with Gasteiger partial charge in [-0.05, 0) is 24.1 Å². The number of carboxylic acids is 1. The average molecular weight is 295 g/mol. The van der Waals surface area contributed by atoms with Gasteiger partial charge in [0.15, 0.2) is 0 Å². The second-order valence-electron chi connectivity index (χ2n) is 5.61. The smallest absolute Gasteiger partial charge is 0.305 e. The van der Waals surface area contributed by atoms with Crippen LogP contribution in [0.4, 0.5) is 0 Å². The van der Waals surface area contributed by atoms with Crippen LogP contribution in [0.3, 0.4) is 0 Å². The summed E-state index contributed by atoms with van der Waals surface area (Å²) in [5.41, 5.74) is 3.59. The van der Waals surface area contributed by atoms with Gasteiger partial charge in [-0.3, -0.25) is 9.59 Å². The molecule has 4 nitrogen and oxygen atoms in total. The van der Waals surface area contributed by atoms with E-state index in [0.717, 1.165) is 16.7 Å². The zero-order valence-corrected chi connectivity index (χ0v) is 12.3. The maximum atomic E-state index is 12.6. The normalized spacial score (nSPS) is 14.8. The topological polar surface area (TPSA) is 57.6 Å². The molecule has 0 radical (unpaired) electrons. The Hall–Kier alpha value is -2.62. The first-order valence-electron chi connectivity index (χ1n) is 7.23. The van der Waals surface area contributed by atoms with Crippen LogP contribution in [0.25, 0.3) is 0 Å². The molecule has 2 aromatic rings. The summed E-state index contributed by atoms with van der Waals surface area (Å²) in [4.78, 5) is 25.5. The van der Waals surface area contributed by atoms with Gasteiger partial charge in [-0.1, -0.05) is 48.0 Å². The predicted molar refractivity (Wildman–Crippen MR) is 82.5 cm³/mol. The number of fused-ring (bicyclic) bond motifs is 1. The van der Waals surface area contributed by atoms with Crippen molar-refractivity contribution < 1.29 is 14.7 Å². The van der Waals surface area contributed by atoms with Crippen molar-refractivity contribution in [1.29, 1.82) is 0 Å². The third-order valence-electron chi connectivity index (χ3n) is 4.06. The van der Waals surface area contributed by atoms with Crippen LogP contribution in [0.15, 0.2) is 48.5 Å². The number of amides is 1. The molecule has 0 aliphatic carbocycles. The van der Waals surface area contributed by atoms with Gasteiger partial charge in [-0.2, -0.15) is 0 Å². The first-order valence-corrected chi connectivity index (χ1v) is 7.23. The molecule has 1 atom stereocenters. The summed E-state index contributed by atoms with van der Waals surface area (Å²) in [7, 11) is 0. The third kappa shape index (κ3) is 2.60. The van der Waals surface area contributed by atoms with Crippen LogP contribution in [0.1, 0.15) is 39.5 Å². The molecule has 0 aromatic heterocycles. The minimum Gasteiger partial charge on any atom is -0.481 e. The summed E-state index contributed by atoms with van der Waals surface area (Å²) in [6, 6.07) is 14.7. The molecule has 0 saturated carbocycles. The summed E-state index contributed by atoms with van der Waals surface area (Å²) >= 11 is 0. The molecule has 1 N–H and O–H groups in total. The van der Waals surface area contributed by atoms with Crippen molar-refractivity contribution in [3.05, 3.63) is 70.8 Å². The number of carbonyl (C=O) groups excluding carboxylic acids is 1. The van der Waals surface area contributed by atoms with Crippen LogP contribution in [0.5, 0.6) is 0 Å². The van der Waals surface area contributed by atoms with Gasteiger partial charge >= 0.3 is 5.97 Å². The van der Waals surface area contributed by atoms with E-state index in [1.54, 1.807) is 11.0 Å². The number of carbonyl (C=O) groups is 2. The Bertz CT molecular complexity index is 721. The highest BCUT2D eigenvalue weighted by Gasteiger charge is 2.34. The lowest BCUT2D eigenvalue weighted by Crippen LogP contribution is -2.30. The van der Waals surface area contributed by atoms with Crippen molar-refractivity contribution in [1.82, 2.24) is 4.90 Å². The van der Waals surface area contributed by atoms with Gasteiger partial charge in [0.05, 0.1) is 12.5 Å². The Balaban J connectivity index is 1.96. The number of hydrogen-bond acceptors (Lipinski definition) is 2. The number of rotatable bonds is 4. The second-order valence-corrected chi connectivity index (χ2v) is 5.61. The zero-order chi connectivity index (χ0) is 15.7. The van der Waals surface area contributed by atoms with Crippen LogP contribution in [-0.4, -0.2) is 21.9 Å². The van der Waals surface area contributed by atoms with Gasteiger partial charge in [0.2, 0.25) is 0 Å². The molecular weight excluding hydrogens is 278 g/mol. The molecule has 1 aliphatic rings. The second kappa shape index (κ2) is 5.64. The lowest BCUT2D eigenvalue weighted by atomic mass is 10.0. The van der Waals surface area contributed by atoms with Gasteiger partial charge in [-0.15, -0.1) is 0 Å². The van der Waals surface area contributed by atoms with Crippen molar-refractivity contribution in [3.8, 4) is 0 Å². The van der Waals surface area contributed by atoms with Crippen molar-refractivity contribution in [3.63, 3.8) is 0 Å². The summed E-state index contributed by atoms with van der Waals surface area (Å²) in [6.07, 6.45) is -0.0945. The monoisotopic (exact) mass is 295 g/mol. The van der Waals surface area contributed by atoms with Gasteiger partial charge in [0, 0.05) is 12.1 Å². The molecule has 0 fully saturated rings. The SMILES string of the molecule is Cc1ccc([C@@H](CC(=O)O)N2Cc3ccccc3C2=O)cc1. The summed E-state index contributed by atoms with van der Waals surface area (Å²) in [6.45, 7) is 2.44. The number of aryl methyl sites for hydroxylation is 1. The van der Waals surface area contributed by atoms with E-state index < -0.39 is 12.0 Å². The lowest BCUT2D eigenvalue weighted by molar-refractivity contribution is -0.138. The van der Waals surface area contributed by atoms with E-state index >= 15 is 0 Å². The molecule has 112 valence electrons. The highest BCUT2D eigenvalue weighted by molar-refractivity contribution is 5.98. The molecule has 0 bridgehead atoms. The summed E-state index contributed by atoms with van der Waals surface area (Å²) < 4.78 is 0. The Morgan fingerprint density at radius 3 is 2.50 bits per heavy atom. The minimum absolute atomic E-state index is 0.0945. The van der Waals surface area contributed by atoms with E-state index in [2.05, 4.69) is 0 Å². The van der Waals surface area contributed by atoms with Crippen molar-refractivity contribution in [2.24, 2.45) is 0 Å². The molecule has 0 saturated heterocycles. The summed E-state index contributed by atoms with van der Waals surface area (Å²) in [5, 5.41) is 9.23. The average Bonchev–Trinajstić information content (AvgIpc) is 2.83. The zero-order valence-electron chi connectivity index (χ0n) is 12.3.